The van der Waals surface area contributed by atoms with E-state index in [4.69, 9.17) is 0 Å². The number of rotatable bonds is 2. The van der Waals surface area contributed by atoms with E-state index in [0.717, 1.165) is 0 Å². The molecule has 0 aliphatic heterocycles. The predicted molar refractivity (Wildman–Crippen MR) is 50.8 cm³/mol. The van der Waals surface area contributed by atoms with E-state index in [1.165, 1.54) is 16.8 Å². The fourth-order valence-electron chi connectivity index (χ4n) is 1.15. The standard InChI is InChI=1S/C10H13N/c1-4-9-6-5-7-10(11-3)8(9)2/h4-7,11H,1H2,2-3H3. The molecule has 0 spiro atoms. The van der Waals surface area contributed by atoms with Crippen molar-refractivity contribution in [3.05, 3.63) is 35.9 Å². The van der Waals surface area contributed by atoms with E-state index in [9.17, 15) is 0 Å². The summed E-state index contributed by atoms with van der Waals surface area (Å²) in [6, 6.07) is 6.14. The Labute approximate surface area is 67.8 Å². The molecule has 0 aliphatic carbocycles. The topological polar surface area (TPSA) is 12.0 Å². The molecule has 0 fully saturated rings. The van der Waals surface area contributed by atoms with Gasteiger partial charge in [0.25, 0.3) is 0 Å². The lowest BCUT2D eigenvalue weighted by atomic mass is 10.1. The summed E-state index contributed by atoms with van der Waals surface area (Å²) in [5.41, 5.74) is 3.62. The van der Waals surface area contributed by atoms with Gasteiger partial charge < -0.3 is 5.32 Å². The van der Waals surface area contributed by atoms with Gasteiger partial charge in [-0.05, 0) is 24.1 Å². The second-order valence-corrected chi connectivity index (χ2v) is 2.47. The zero-order valence-corrected chi connectivity index (χ0v) is 7.02. The first-order valence-corrected chi connectivity index (χ1v) is 3.69. The second kappa shape index (κ2) is 3.24. The summed E-state index contributed by atoms with van der Waals surface area (Å²) in [6.07, 6.45) is 1.87. The van der Waals surface area contributed by atoms with Crippen molar-refractivity contribution in [1.29, 1.82) is 0 Å². The lowest BCUT2D eigenvalue weighted by molar-refractivity contribution is 1.39. The third-order valence-corrected chi connectivity index (χ3v) is 1.86. The third-order valence-electron chi connectivity index (χ3n) is 1.86. The minimum absolute atomic E-state index is 1.17. The maximum atomic E-state index is 3.74. The van der Waals surface area contributed by atoms with Crippen LogP contribution in [0.4, 0.5) is 5.69 Å². The highest BCUT2D eigenvalue weighted by molar-refractivity contribution is 5.62. The molecular weight excluding hydrogens is 134 g/mol. The number of nitrogens with one attached hydrogen (secondary N) is 1. The van der Waals surface area contributed by atoms with Gasteiger partial charge in [0.1, 0.15) is 0 Å². The van der Waals surface area contributed by atoms with Gasteiger partial charge in [-0.1, -0.05) is 24.8 Å². The largest absolute Gasteiger partial charge is 0.388 e. The van der Waals surface area contributed by atoms with E-state index in [2.05, 4.69) is 31.0 Å². The Bertz CT molecular complexity index is 264. The summed E-state index contributed by atoms with van der Waals surface area (Å²) < 4.78 is 0. The lowest BCUT2D eigenvalue weighted by Gasteiger charge is -2.06. The smallest absolute Gasteiger partial charge is 0.0373 e. The van der Waals surface area contributed by atoms with Gasteiger partial charge >= 0.3 is 0 Å². The first-order chi connectivity index (χ1) is 5.29. The Morgan fingerprint density at radius 3 is 2.73 bits per heavy atom. The predicted octanol–water partition coefficient (Wildman–Crippen LogP) is 2.68. The maximum absolute atomic E-state index is 3.74. The van der Waals surface area contributed by atoms with Gasteiger partial charge in [0.05, 0.1) is 0 Å². The normalized spacial score (nSPS) is 9.27. The lowest BCUT2D eigenvalue weighted by Crippen LogP contribution is -1.92. The van der Waals surface area contributed by atoms with Crippen LogP contribution in [0.15, 0.2) is 24.8 Å². The number of hydrogen-bond acceptors (Lipinski definition) is 1. The summed E-state index contributed by atoms with van der Waals surface area (Å²) >= 11 is 0. The SMILES string of the molecule is C=Cc1cccc(NC)c1C. The van der Waals surface area contributed by atoms with Crippen LogP contribution >= 0.6 is 0 Å². The molecule has 1 aromatic carbocycles. The van der Waals surface area contributed by atoms with Gasteiger partial charge in [0, 0.05) is 12.7 Å². The Morgan fingerprint density at radius 2 is 2.18 bits per heavy atom. The molecule has 0 aromatic heterocycles. The van der Waals surface area contributed by atoms with E-state index in [0.29, 0.717) is 0 Å². The molecule has 1 heteroatoms. The highest BCUT2D eigenvalue weighted by Crippen LogP contribution is 2.18. The fraction of sp³-hybridized carbons (Fsp3) is 0.200. The van der Waals surface area contributed by atoms with Crippen LogP contribution in [-0.4, -0.2) is 7.05 Å². The molecule has 0 heterocycles. The van der Waals surface area contributed by atoms with Crippen LogP contribution in [0.5, 0.6) is 0 Å². The Morgan fingerprint density at radius 1 is 1.45 bits per heavy atom. The average Bonchev–Trinajstić information content (AvgIpc) is 2.05. The van der Waals surface area contributed by atoms with Gasteiger partial charge in [-0.2, -0.15) is 0 Å². The summed E-state index contributed by atoms with van der Waals surface area (Å²) in [5.74, 6) is 0. The zero-order chi connectivity index (χ0) is 8.27. The third kappa shape index (κ3) is 1.43. The van der Waals surface area contributed by atoms with Crippen molar-refractivity contribution in [2.75, 3.05) is 12.4 Å². The molecule has 1 N–H and O–H groups in total. The minimum Gasteiger partial charge on any atom is -0.388 e. The van der Waals surface area contributed by atoms with Crippen LogP contribution in [0.3, 0.4) is 0 Å². The van der Waals surface area contributed by atoms with Crippen molar-refractivity contribution in [2.45, 2.75) is 6.92 Å². The fourth-order valence-corrected chi connectivity index (χ4v) is 1.15. The molecule has 0 bridgehead atoms. The molecule has 0 amide bonds. The van der Waals surface area contributed by atoms with Crippen LogP contribution in [0.2, 0.25) is 0 Å². The molecule has 0 radical (unpaired) electrons. The number of anilines is 1. The molecule has 58 valence electrons. The van der Waals surface area contributed by atoms with Gasteiger partial charge in [-0.3, -0.25) is 0 Å². The Kier molecular flexibility index (Phi) is 2.32. The number of benzene rings is 1. The summed E-state index contributed by atoms with van der Waals surface area (Å²) in [4.78, 5) is 0. The van der Waals surface area contributed by atoms with Crippen molar-refractivity contribution in [3.8, 4) is 0 Å². The minimum atomic E-state index is 1.17. The zero-order valence-electron chi connectivity index (χ0n) is 7.02. The van der Waals surface area contributed by atoms with Crippen LogP contribution in [0, 0.1) is 6.92 Å². The summed E-state index contributed by atoms with van der Waals surface area (Å²) in [6.45, 7) is 5.83. The van der Waals surface area contributed by atoms with Crippen molar-refractivity contribution in [2.24, 2.45) is 0 Å². The van der Waals surface area contributed by atoms with Gasteiger partial charge in [-0.25, -0.2) is 0 Å². The Hall–Kier alpha value is -1.24. The second-order valence-electron chi connectivity index (χ2n) is 2.47. The highest BCUT2D eigenvalue weighted by Gasteiger charge is 1.97. The van der Waals surface area contributed by atoms with Crippen molar-refractivity contribution >= 4 is 11.8 Å². The van der Waals surface area contributed by atoms with E-state index < -0.39 is 0 Å². The quantitative estimate of drug-likeness (QED) is 0.678. The van der Waals surface area contributed by atoms with Crippen LogP contribution in [0.25, 0.3) is 6.08 Å². The molecule has 0 aliphatic rings. The molecule has 1 nitrogen and oxygen atoms in total. The first kappa shape index (κ1) is 7.86. The van der Waals surface area contributed by atoms with E-state index >= 15 is 0 Å². The molecule has 1 rings (SSSR count). The molecule has 1 aromatic rings. The summed E-state index contributed by atoms with van der Waals surface area (Å²) in [7, 11) is 1.93. The molecule has 0 unspecified atom stereocenters. The van der Waals surface area contributed by atoms with E-state index in [-0.39, 0.29) is 0 Å². The van der Waals surface area contributed by atoms with Crippen molar-refractivity contribution in [3.63, 3.8) is 0 Å². The van der Waals surface area contributed by atoms with Gasteiger partial charge in [0.15, 0.2) is 0 Å². The summed E-state index contributed by atoms with van der Waals surface area (Å²) in [5, 5.41) is 3.12. The monoisotopic (exact) mass is 147 g/mol. The maximum Gasteiger partial charge on any atom is 0.0373 e. The number of hydrogen-bond donors (Lipinski definition) is 1. The molecule has 0 atom stereocenters. The van der Waals surface area contributed by atoms with Crippen LogP contribution < -0.4 is 5.32 Å². The Balaban J connectivity index is 3.20. The average molecular weight is 147 g/mol. The van der Waals surface area contributed by atoms with Crippen molar-refractivity contribution in [1.82, 2.24) is 0 Å². The molecule has 0 saturated carbocycles. The van der Waals surface area contributed by atoms with E-state index in [1.54, 1.807) is 0 Å². The molecular formula is C10H13N. The molecule has 11 heavy (non-hydrogen) atoms. The highest BCUT2D eigenvalue weighted by atomic mass is 14.8. The van der Waals surface area contributed by atoms with E-state index in [1.807, 2.05) is 19.2 Å². The van der Waals surface area contributed by atoms with Gasteiger partial charge in [0.2, 0.25) is 0 Å². The van der Waals surface area contributed by atoms with Crippen molar-refractivity contribution < 1.29 is 0 Å². The first-order valence-electron chi connectivity index (χ1n) is 3.69. The molecule has 0 saturated heterocycles. The van der Waals surface area contributed by atoms with Gasteiger partial charge in [-0.15, -0.1) is 0 Å². The van der Waals surface area contributed by atoms with Crippen LogP contribution in [-0.2, 0) is 0 Å². The van der Waals surface area contributed by atoms with Crippen LogP contribution in [0.1, 0.15) is 11.1 Å².